The first-order valence-electron chi connectivity index (χ1n) is 8.30. The van der Waals surface area contributed by atoms with E-state index in [4.69, 9.17) is 4.74 Å². The lowest BCUT2D eigenvalue weighted by molar-refractivity contribution is -0.132. The van der Waals surface area contributed by atoms with Crippen LogP contribution < -0.4 is 0 Å². The highest BCUT2D eigenvalue weighted by atomic mass is 16.6. The van der Waals surface area contributed by atoms with E-state index >= 15 is 0 Å². The second kappa shape index (κ2) is 7.33. The van der Waals surface area contributed by atoms with Gasteiger partial charge in [0.05, 0.1) is 17.6 Å². The Kier molecular flexibility index (Phi) is 4.98. The van der Waals surface area contributed by atoms with Crippen LogP contribution in [0, 0.1) is 0 Å². The van der Waals surface area contributed by atoms with Crippen LogP contribution in [0.25, 0.3) is 11.0 Å². The molecule has 0 radical (unpaired) electrons. The number of aromatic amines is 1. The van der Waals surface area contributed by atoms with Crippen molar-refractivity contribution >= 4 is 23.0 Å². The molecule has 2 aromatic rings. The summed E-state index contributed by atoms with van der Waals surface area (Å²) >= 11 is 0. The predicted octanol–water partition coefficient (Wildman–Crippen LogP) is 1.80. The minimum absolute atomic E-state index is 0.0963. The van der Waals surface area contributed by atoms with Gasteiger partial charge in [-0.25, -0.2) is 9.78 Å². The molecule has 2 amide bonds. The summed E-state index contributed by atoms with van der Waals surface area (Å²) in [5.41, 5.74) is 1.91. The maximum absolute atomic E-state index is 12.3. The van der Waals surface area contributed by atoms with Crippen LogP contribution in [0.3, 0.4) is 0 Å². The molecule has 1 fully saturated rings. The molecule has 0 atom stereocenters. The van der Waals surface area contributed by atoms with Crippen molar-refractivity contribution in [2.75, 3.05) is 32.8 Å². The molecule has 1 aromatic heterocycles. The maximum Gasteiger partial charge on any atom is 0.409 e. The van der Waals surface area contributed by atoms with Crippen molar-refractivity contribution in [3.05, 3.63) is 30.1 Å². The summed E-state index contributed by atoms with van der Waals surface area (Å²) < 4.78 is 4.98. The average molecular weight is 330 g/mol. The van der Waals surface area contributed by atoms with Gasteiger partial charge in [-0.2, -0.15) is 0 Å². The highest BCUT2D eigenvalue weighted by Gasteiger charge is 2.24. The summed E-state index contributed by atoms with van der Waals surface area (Å²) in [4.78, 5) is 35.2. The second-order valence-corrected chi connectivity index (χ2v) is 5.77. The Labute approximate surface area is 140 Å². The van der Waals surface area contributed by atoms with Gasteiger partial charge in [0.2, 0.25) is 5.91 Å². The lowest BCUT2D eigenvalue weighted by Crippen LogP contribution is -2.50. The predicted molar refractivity (Wildman–Crippen MR) is 89.6 cm³/mol. The number of piperazine rings is 1. The van der Waals surface area contributed by atoms with Crippen molar-refractivity contribution in [2.24, 2.45) is 0 Å². The smallest absolute Gasteiger partial charge is 0.409 e. The molecule has 1 aliphatic heterocycles. The first kappa shape index (κ1) is 16.3. The van der Waals surface area contributed by atoms with Gasteiger partial charge in [0.25, 0.3) is 0 Å². The van der Waals surface area contributed by atoms with E-state index in [1.807, 2.05) is 24.3 Å². The van der Waals surface area contributed by atoms with Gasteiger partial charge in [-0.15, -0.1) is 0 Å². The Hall–Kier alpha value is -2.57. The van der Waals surface area contributed by atoms with E-state index in [1.54, 1.807) is 16.7 Å². The van der Waals surface area contributed by atoms with Gasteiger partial charge in [0.15, 0.2) is 0 Å². The van der Waals surface area contributed by atoms with Crippen LogP contribution in [0.1, 0.15) is 19.2 Å². The molecule has 0 bridgehead atoms. The van der Waals surface area contributed by atoms with Crippen LogP contribution in [0.4, 0.5) is 4.79 Å². The highest BCUT2D eigenvalue weighted by molar-refractivity contribution is 5.78. The molecule has 1 aromatic carbocycles. The van der Waals surface area contributed by atoms with Crippen LogP contribution in [0.2, 0.25) is 0 Å². The third-order valence-corrected chi connectivity index (χ3v) is 4.17. The van der Waals surface area contributed by atoms with Gasteiger partial charge in [-0.1, -0.05) is 12.1 Å². The average Bonchev–Trinajstić information content (AvgIpc) is 3.03. The van der Waals surface area contributed by atoms with Gasteiger partial charge < -0.3 is 19.5 Å². The zero-order valence-electron chi connectivity index (χ0n) is 13.8. The van der Waals surface area contributed by atoms with Crippen LogP contribution in [-0.2, 0) is 16.0 Å². The second-order valence-electron chi connectivity index (χ2n) is 5.77. The van der Waals surface area contributed by atoms with E-state index in [2.05, 4.69) is 9.97 Å². The summed E-state index contributed by atoms with van der Waals surface area (Å²) in [6.45, 7) is 4.31. The van der Waals surface area contributed by atoms with Gasteiger partial charge in [0.1, 0.15) is 5.82 Å². The zero-order chi connectivity index (χ0) is 16.9. The molecule has 1 aliphatic rings. The number of imidazole rings is 1. The van der Waals surface area contributed by atoms with Gasteiger partial charge >= 0.3 is 6.09 Å². The number of hydrogen-bond donors (Lipinski definition) is 1. The molecule has 0 aliphatic carbocycles. The molecule has 0 unspecified atom stereocenters. The fraction of sp³-hybridized carbons (Fsp3) is 0.471. The number of H-pyrrole nitrogens is 1. The molecule has 1 saturated heterocycles. The molecular formula is C17H22N4O3. The largest absolute Gasteiger partial charge is 0.450 e. The Morgan fingerprint density at radius 1 is 1.17 bits per heavy atom. The number of ether oxygens (including phenoxy) is 1. The summed E-state index contributed by atoms with van der Waals surface area (Å²) in [5, 5.41) is 0. The fourth-order valence-electron chi connectivity index (χ4n) is 2.86. The Bertz CT molecular complexity index is 686. The first-order chi connectivity index (χ1) is 11.7. The molecule has 7 heteroatoms. The van der Waals surface area contributed by atoms with Crippen molar-refractivity contribution in [1.29, 1.82) is 0 Å². The number of nitrogens with one attached hydrogen (secondary N) is 1. The monoisotopic (exact) mass is 330 g/mol. The topological polar surface area (TPSA) is 78.5 Å². The minimum Gasteiger partial charge on any atom is -0.450 e. The number of carbonyl (C=O) groups is 2. The number of benzene rings is 1. The summed E-state index contributed by atoms with van der Waals surface area (Å²) in [6.07, 6.45) is 0.706. The van der Waals surface area contributed by atoms with Crippen molar-refractivity contribution in [1.82, 2.24) is 19.8 Å². The molecule has 0 spiro atoms. The normalized spacial score (nSPS) is 14.9. The van der Waals surface area contributed by atoms with Crippen molar-refractivity contribution in [3.63, 3.8) is 0 Å². The molecule has 3 rings (SSSR count). The Balaban J connectivity index is 1.48. The first-order valence-corrected chi connectivity index (χ1v) is 8.30. The fourth-order valence-corrected chi connectivity index (χ4v) is 2.86. The number of aromatic nitrogens is 2. The number of rotatable bonds is 4. The van der Waals surface area contributed by atoms with Crippen LogP contribution in [-0.4, -0.2) is 64.6 Å². The number of para-hydroxylation sites is 2. The molecule has 0 saturated carbocycles. The lowest BCUT2D eigenvalue weighted by atomic mass is 10.2. The summed E-state index contributed by atoms with van der Waals surface area (Å²) in [7, 11) is 0. The van der Waals surface area contributed by atoms with E-state index in [0.717, 1.165) is 16.9 Å². The van der Waals surface area contributed by atoms with Crippen molar-refractivity contribution in [2.45, 2.75) is 19.8 Å². The quantitative estimate of drug-likeness (QED) is 0.927. The molecule has 7 nitrogen and oxygen atoms in total. The van der Waals surface area contributed by atoms with E-state index < -0.39 is 0 Å². The lowest BCUT2D eigenvalue weighted by Gasteiger charge is -2.34. The third-order valence-electron chi connectivity index (χ3n) is 4.17. The number of hydrogen-bond acceptors (Lipinski definition) is 4. The number of nitrogens with zero attached hydrogens (tertiary/aromatic N) is 3. The number of carbonyl (C=O) groups excluding carboxylic acids is 2. The van der Waals surface area contributed by atoms with Crippen LogP contribution in [0.5, 0.6) is 0 Å². The van der Waals surface area contributed by atoms with Gasteiger partial charge in [-0.3, -0.25) is 4.79 Å². The maximum atomic E-state index is 12.3. The molecular weight excluding hydrogens is 308 g/mol. The van der Waals surface area contributed by atoms with Gasteiger partial charge in [-0.05, 0) is 19.1 Å². The van der Waals surface area contributed by atoms with Crippen molar-refractivity contribution in [3.8, 4) is 0 Å². The van der Waals surface area contributed by atoms with Gasteiger partial charge in [0, 0.05) is 39.0 Å². The number of fused-ring (bicyclic) bond motifs is 1. The molecule has 128 valence electrons. The Morgan fingerprint density at radius 2 is 1.88 bits per heavy atom. The Morgan fingerprint density at radius 3 is 2.58 bits per heavy atom. The molecule has 1 N–H and O–H groups in total. The van der Waals surface area contributed by atoms with Crippen LogP contribution >= 0.6 is 0 Å². The highest BCUT2D eigenvalue weighted by Crippen LogP contribution is 2.12. The van der Waals surface area contributed by atoms with E-state index in [-0.39, 0.29) is 12.0 Å². The molecule has 2 heterocycles. The summed E-state index contributed by atoms with van der Waals surface area (Å²) in [6, 6.07) is 7.83. The SMILES string of the molecule is CCOC(=O)N1CCN(C(=O)CCc2nc3ccccc3[nH]2)CC1. The van der Waals surface area contributed by atoms with Crippen LogP contribution in [0.15, 0.2) is 24.3 Å². The van der Waals surface area contributed by atoms with E-state index in [0.29, 0.717) is 45.6 Å². The zero-order valence-corrected chi connectivity index (χ0v) is 13.8. The molecule has 24 heavy (non-hydrogen) atoms. The standard InChI is InChI=1S/C17H22N4O3/c1-2-24-17(23)21-11-9-20(10-12-21)16(22)8-7-15-18-13-5-3-4-6-14(13)19-15/h3-6H,2,7-12H2,1H3,(H,18,19). The number of aryl methyl sites for hydroxylation is 1. The third kappa shape index (κ3) is 3.67. The van der Waals surface area contributed by atoms with Crippen molar-refractivity contribution < 1.29 is 14.3 Å². The number of amides is 2. The summed E-state index contributed by atoms with van der Waals surface area (Å²) in [5.74, 6) is 0.925. The minimum atomic E-state index is -0.299. The van der Waals surface area contributed by atoms with E-state index in [1.165, 1.54) is 0 Å². The van der Waals surface area contributed by atoms with E-state index in [9.17, 15) is 9.59 Å².